The van der Waals surface area contributed by atoms with Crippen molar-refractivity contribution in [3.05, 3.63) is 33.2 Å². The Morgan fingerprint density at radius 1 is 1.35 bits per heavy atom. The van der Waals surface area contributed by atoms with Gasteiger partial charge in [0.25, 0.3) is 5.56 Å². The van der Waals surface area contributed by atoms with Crippen molar-refractivity contribution >= 4 is 5.97 Å². The lowest BCUT2D eigenvalue weighted by Gasteiger charge is -2.21. The molecule has 0 saturated heterocycles. The van der Waals surface area contributed by atoms with Gasteiger partial charge in [0.15, 0.2) is 0 Å². The second kappa shape index (κ2) is 5.17. The van der Waals surface area contributed by atoms with E-state index >= 15 is 0 Å². The standard InChI is InChI=1S/C13H19NO3/c1-5-10(6-2)14-9(4)12(13(16)17)8(3)7-11(14)15/h7,10H,5-6H2,1-4H3,(H,16,17). The summed E-state index contributed by atoms with van der Waals surface area (Å²) in [4.78, 5) is 23.2. The Morgan fingerprint density at radius 3 is 2.29 bits per heavy atom. The Kier molecular flexibility index (Phi) is 4.10. The molecule has 0 saturated carbocycles. The van der Waals surface area contributed by atoms with Crippen molar-refractivity contribution in [2.75, 3.05) is 0 Å². The number of hydrogen-bond donors (Lipinski definition) is 1. The van der Waals surface area contributed by atoms with Crippen molar-refractivity contribution in [1.29, 1.82) is 0 Å². The molecule has 1 rings (SSSR count). The molecule has 1 N–H and O–H groups in total. The Balaban J connectivity index is 3.56. The summed E-state index contributed by atoms with van der Waals surface area (Å²) in [5.74, 6) is -0.972. The van der Waals surface area contributed by atoms with Gasteiger partial charge >= 0.3 is 5.97 Å². The molecule has 1 aromatic rings. The molecule has 0 atom stereocenters. The van der Waals surface area contributed by atoms with Crippen LogP contribution in [0.2, 0.25) is 0 Å². The second-order valence-corrected chi connectivity index (χ2v) is 4.27. The summed E-state index contributed by atoms with van der Waals surface area (Å²) in [6, 6.07) is 1.48. The number of carboxylic acid groups (broad SMARTS) is 1. The zero-order chi connectivity index (χ0) is 13.2. The van der Waals surface area contributed by atoms with Gasteiger partial charge in [0, 0.05) is 17.8 Å². The summed E-state index contributed by atoms with van der Waals surface area (Å²) in [5.41, 5.74) is 1.22. The maximum atomic E-state index is 12.0. The van der Waals surface area contributed by atoms with E-state index in [-0.39, 0.29) is 17.2 Å². The van der Waals surface area contributed by atoms with Crippen molar-refractivity contribution in [2.45, 2.75) is 46.6 Å². The summed E-state index contributed by atoms with van der Waals surface area (Å²) in [7, 11) is 0. The van der Waals surface area contributed by atoms with Crippen molar-refractivity contribution in [3.8, 4) is 0 Å². The van der Waals surface area contributed by atoms with E-state index in [4.69, 9.17) is 0 Å². The first-order chi connectivity index (χ1) is 7.93. The minimum Gasteiger partial charge on any atom is -0.478 e. The molecule has 0 bridgehead atoms. The smallest absolute Gasteiger partial charge is 0.337 e. The van der Waals surface area contributed by atoms with Crippen LogP contribution in [0.25, 0.3) is 0 Å². The maximum Gasteiger partial charge on any atom is 0.337 e. The molecule has 0 spiro atoms. The summed E-state index contributed by atoms with van der Waals surface area (Å²) in [6.45, 7) is 7.37. The van der Waals surface area contributed by atoms with E-state index in [0.29, 0.717) is 11.3 Å². The lowest BCUT2D eigenvalue weighted by Crippen LogP contribution is -2.28. The average Bonchev–Trinajstić information content (AvgIpc) is 2.22. The summed E-state index contributed by atoms with van der Waals surface area (Å²) in [5, 5.41) is 9.17. The molecule has 17 heavy (non-hydrogen) atoms. The van der Waals surface area contributed by atoms with E-state index in [1.54, 1.807) is 18.4 Å². The van der Waals surface area contributed by atoms with Crippen LogP contribution in [0.3, 0.4) is 0 Å². The van der Waals surface area contributed by atoms with Crippen LogP contribution in [0, 0.1) is 13.8 Å². The van der Waals surface area contributed by atoms with Gasteiger partial charge in [-0.1, -0.05) is 13.8 Å². The second-order valence-electron chi connectivity index (χ2n) is 4.27. The van der Waals surface area contributed by atoms with Crippen LogP contribution >= 0.6 is 0 Å². The molecule has 4 nitrogen and oxygen atoms in total. The highest BCUT2D eigenvalue weighted by Gasteiger charge is 2.19. The largest absolute Gasteiger partial charge is 0.478 e. The Hall–Kier alpha value is -1.58. The summed E-state index contributed by atoms with van der Waals surface area (Å²) in [6.07, 6.45) is 1.64. The topological polar surface area (TPSA) is 59.3 Å². The monoisotopic (exact) mass is 237 g/mol. The fourth-order valence-electron chi connectivity index (χ4n) is 2.33. The van der Waals surface area contributed by atoms with Crippen molar-refractivity contribution in [2.24, 2.45) is 0 Å². The average molecular weight is 237 g/mol. The molecule has 4 heteroatoms. The molecule has 0 aromatic carbocycles. The molecular weight excluding hydrogens is 218 g/mol. The van der Waals surface area contributed by atoms with Crippen molar-refractivity contribution in [3.63, 3.8) is 0 Å². The highest BCUT2D eigenvalue weighted by molar-refractivity contribution is 5.90. The van der Waals surface area contributed by atoms with Crippen LogP contribution in [-0.2, 0) is 0 Å². The Morgan fingerprint density at radius 2 is 1.88 bits per heavy atom. The molecule has 0 aliphatic rings. The van der Waals surface area contributed by atoms with Gasteiger partial charge in [0.2, 0.25) is 0 Å². The van der Waals surface area contributed by atoms with Gasteiger partial charge in [-0.3, -0.25) is 4.79 Å². The minimum atomic E-state index is -0.972. The van der Waals surface area contributed by atoms with Gasteiger partial charge in [-0.05, 0) is 32.3 Å². The lowest BCUT2D eigenvalue weighted by molar-refractivity contribution is 0.0693. The van der Waals surface area contributed by atoms with Crippen LogP contribution < -0.4 is 5.56 Å². The predicted octanol–water partition coefficient (Wildman–Crippen LogP) is 2.52. The van der Waals surface area contributed by atoms with E-state index in [1.807, 2.05) is 13.8 Å². The van der Waals surface area contributed by atoms with Crippen molar-refractivity contribution < 1.29 is 9.90 Å². The molecule has 0 fully saturated rings. The first-order valence-corrected chi connectivity index (χ1v) is 5.90. The quantitative estimate of drug-likeness (QED) is 0.875. The predicted molar refractivity (Wildman–Crippen MR) is 66.8 cm³/mol. The highest BCUT2D eigenvalue weighted by Crippen LogP contribution is 2.19. The van der Waals surface area contributed by atoms with E-state index in [2.05, 4.69) is 0 Å². The fourth-order valence-corrected chi connectivity index (χ4v) is 2.33. The Bertz CT molecular complexity index is 484. The zero-order valence-electron chi connectivity index (χ0n) is 10.8. The van der Waals surface area contributed by atoms with Gasteiger partial charge in [0.05, 0.1) is 5.56 Å². The number of aromatic nitrogens is 1. The van der Waals surface area contributed by atoms with Gasteiger partial charge in [-0.15, -0.1) is 0 Å². The normalized spacial score (nSPS) is 10.9. The molecule has 0 unspecified atom stereocenters. The molecule has 94 valence electrons. The third-order valence-electron chi connectivity index (χ3n) is 3.22. The number of carbonyl (C=O) groups is 1. The van der Waals surface area contributed by atoms with Gasteiger partial charge in [-0.2, -0.15) is 0 Å². The van der Waals surface area contributed by atoms with E-state index in [0.717, 1.165) is 12.8 Å². The molecular formula is C13H19NO3. The minimum absolute atomic E-state index is 0.0706. The first kappa shape index (κ1) is 13.5. The van der Waals surface area contributed by atoms with Gasteiger partial charge in [-0.25, -0.2) is 4.79 Å². The van der Waals surface area contributed by atoms with Crippen LogP contribution in [-0.4, -0.2) is 15.6 Å². The molecule has 0 aliphatic carbocycles. The summed E-state index contributed by atoms with van der Waals surface area (Å²) < 4.78 is 1.61. The lowest BCUT2D eigenvalue weighted by atomic mass is 10.1. The van der Waals surface area contributed by atoms with E-state index < -0.39 is 5.97 Å². The van der Waals surface area contributed by atoms with Gasteiger partial charge < -0.3 is 9.67 Å². The number of rotatable bonds is 4. The van der Waals surface area contributed by atoms with Crippen LogP contribution in [0.1, 0.15) is 54.3 Å². The number of carboxylic acids is 1. The van der Waals surface area contributed by atoms with E-state index in [1.165, 1.54) is 6.07 Å². The molecule has 1 aromatic heterocycles. The third-order valence-corrected chi connectivity index (χ3v) is 3.22. The number of aryl methyl sites for hydroxylation is 1. The molecule has 1 heterocycles. The van der Waals surface area contributed by atoms with Crippen LogP contribution in [0.15, 0.2) is 10.9 Å². The Labute approximate surface area is 101 Å². The van der Waals surface area contributed by atoms with E-state index in [9.17, 15) is 14.7 Å². The van der Waals surface area contributed by atoms with Gasteiger partial charge in [0.1, 0.15) is 0 Å². The van der Waals surface area contributed by atoms with Crippen LogP contribution in [0.4, 0.5) is 0 Å². The number of nitrogens with zero attached hydrogens (tertiary/aromatic N) is 1. The van der Waals surface area contributed by atoms with Crippen molar-refractivity contribution in [1.82, 2.24) is 4.57 Å². The molecule has 0 aliphatic heterocycles. The molecule has 0 amide bonds. The highest BCUT2D eigenvalue weighted by atomic mass is 16.4. The summed E-state index contributed by atoms with van der Waals surface area (Å²) >= 11 is 0. The zero-order valence-corrected chi connectivity index (χ0v) is 10.8. The number of pyridine rings is 1. The van der Waals surface area contributed by atoms with Crippen LogP contribution in [0.5, 0.6) is 0 Å². The molecule has 0 radical (unpaired) electrons. The maximum absolute atomic E-state index is 12.0. The number of aromatic carboxylic acids is 1. The SMILES string of the molecule is CCC(CC)n1c(C)c(C(=O)O)c(C)cc1=O. The third kappa shape index (κ3) is 2.40. The fraction of sp³-hybridized carbons (Fsp3) is 0.538. The number of hydrogen-bond acceptors (Lipinski definition) is 2. The first-order valence-electron chi connectivity index (χ1n) is 5.90.